The lowest BCUT2D eigenvalue weighted by Gasteiger charge is -1.90. The molecule has 0 aliphatic rings. The van der Waals surface area contributed by atoms with Gasteiger partial charge in [-0.2, -0.15) is 0 Å². The topological polar surface area (TPSA) is 9.23 Å². The van der Waals surface area contributed by atoms with E-state index in [4.69, 9.17) is 4.74 Å². The van der Waals surface area contributed by atoms with Crippen LogP contribution in [0.25, 0.3) is 0 Å². The predicted molar refractivity (Wildman–Crippen MR) is 38.8 cm³/mol. The lowest BCUT2D eigenvalue weighted by molar-refractivity contribution is 0.479. The maximum Gasteiger partial charge on any atom is 0.163 e. The van der Waals surface area contributed by atoms with Crippen molar-refractivity contribution in [1.82, 2.24) is 0 Å². The van der Waals surface area contributed by atoms with Crippen LogP contribution in [0.3, 0.4) is 0 Å². The van der Waals surface area contributed by atoms with Gasteiger partial charge >= 0.3 is 0 Å². The van der Waals surface area contributed by atoms with Gasteiger partial charge < -0.3 is 4.74 Å². The lowest BCUT2D eigenvalue weighted by atomic mass is 10.5. The summed E-state index contributed by atoms with van der Waals surface area (Å²) in [7, 11) is 0. The molecule has 0 N–H and O–H groups in total. The Balaban J connectivity index is 3.16. The highest BCUT2D eigenvalue weighted by molar-refractivity contribution is 7.80. The van der Waals surface area contributed by atoms with Crippen molar-refractivity contribution < 1.29 is 4.74 Å². The Labute approximate surface area is 55.3 Å². The molecule has 0 aromatic heterocycles. The van der Waals surface area contributed by atoms with Gasteiger partial charge in [-0.15, -0.1) is 0 Å². The molecular formula is C6H10OS. The van der Waals surface area contributed by atoms with Gasteiger partial charge in [0.2, 0.25) is 0 Å². The van der Waals surface area contributed by atoms with Gasteiger partial charge in [-0.1, -0.05) is 6.92 Å². The van der Waals surface area contributed by atoms with E-state index in [0.29, 0.717) is 5.05 Å². The highest BCUT2D eigenvalue weighted by atomic mass is 32.1. The number of hydrogen-bond donors (Lipinski definition) is 0. The van der Waals surface area contributed by atoms with E-state index in [-0.39, 0.29) is 0 Å². The van der Waals surface area contributed by atoms with Gasteiger partial charge in [-0.25, -0.2) is 0 Å². The summed E-state index contributed by atoms with van der Waals surface area (Å²) >= 11 is 4.64. The highest BCUT2D eigenvalue weighted by Gasteiger charge is 1.76. The predicted octanol–water partition coefficient (Wildman–Crippen LogP) is 2.27. The second kappa shape index (κ2) is 4.78. The average molecular weight is 130 g/mol. The molecular weight excluding hydrogens is 120 g/mol. The van der Waals surface area contributed by atoms with Crippen molar-refractivity contribution >= 4 is 17.3 Å². The molecule has 0 bridgehead atoms. The van der Waals surface area contributed by atoms with E-state index >= 15 is 0 Å². The Morgan fingerprint density at radius 3 is 2.75 bits per heavy atom. The first-order chi connectivity index (χ1) is 3.77. The summed E-state index contributed by atoms with van der Waals surface area (Å²) in [6.45, 7) is 3.79. The molecule has 0 heterocycles. The molecule has 1 nitrogen and oxygen atoms in total. The van der Waals surface area contributed by atoms with Crippen molar-refractivity contribution in [3.05, 3.63) is 12.3 Å². The van der Waals surface area contributed by atoms with Gasteiger partial charge in [0.05, 0.1) is 6.26 Å². The first-order valence-electron chi connectivity index (χ1n) is 2.59. The molecule has 0 spiro atoms. The molecule has 0 atom stereocenters. The average Bonchev–Trinajstić information content (AvgIpc) is 1.66. The molecule has 8 heavy (non-hydrogen) atoms. The fraction of sp³-hybridized carbons (Fsp3) is 0.500. The zero-order valence-electron chi connectivity index (χ0n) is 5.18. The summed E-state index contributed by atoms with van der Waals surface area (Å²) in [6.07, 6.45) is 4.51. The van der Waals surface area contributed by atoms with E-state index in [1.165, 1.54) is 0 Å². The molecule has 0 amide bonds. The van der Waals surface area contributed by atoms with Gasteiger partial charge in [0.15, 0.2) is 5.05 Å². The minimum atomic E-state index is 0.565. The number of rotatable bonds is 2. The van der Waals surface area contributed by atoms with E-state index in [9.17, 15) is 0 Å². The van der Waals surface area contributed by atoms with Crippen molar-refractivity contribution in [1.29, 1.82) is 0 Å². The van der Waals surface area contributed by atoms with E-state index in [1.807, 2.05) is 13.0 Å². The highest BCUT2D eigenvalue weighted by Crippen LogP contribution is 1.83. The third-order valence-corrected chi connectivity index (χ3v) is 0.662. The fourth-order valence-corrected chi connectivity index (χ4v) is 0.296. The third kappa shape index (κ3) is 5.63. The van der Waals surface area contributed by atoms with Crippen LogP contribution < -0.4 is 0 Å². The lowest BCUT2D eigenvalue weighted by Crippen LogP contribution is -1.84. The maximum atomic E-state index is 4.83. The molecule has 0 saturated carbocycles. The number of thiocarbonyl (C=S) groups is 1. The fourth-order valence-electron chi connectivity index (χ4n) is 0.240. The van der Waals surface area contributed by atoms with Crippen LogP contribution in [0.4, 0.5) is 0 Å². The number of ether oxygens (including phenoxy) is 1. The van der Waals surface area contributed by atoms with Crippen molar-refractivity contribution in [2.75, 3.05) is 0 Å². The Morgan fingerprint density at radius 1 is 1.75 bits per heavy atom. The van der Waals surface area contributed by atoms with Crippen molar-refractivity contribution in [2.24, 2.45) is 0 Å². The summed E-state index contributed by atoms with van der Waals surface area (Å²) in [6, 6.07) is 0. The molecule has 0 fully saturated rings. The first-order valence-corrected chi connectivity index (χ1v) is 3.00. The van der Waals surface area contributed by atoms with Crippen molar-refractivity contribution in [3.63, 3.8) is 0 Å². The largest absolute Gasteiger partial charge is 0.459 e. The molecule has 0 aliphatic heterocycles. The molecule has 0 rings (SSSR count). The zero-order chi connectivity index (χ0) is 6.41. The standard InChI is InChI=1S/C6H10OS/c1-3-4-5-7-6(2)8/h4-5H,3H2,1-2H3. The SMILES string of the molecule is CCC=COC(C)=S. The summed E-state index contributed by atoms with van der Waals surface area (Å²) in [5, 5.41) is 0.565. The molecule has 0 aliphatic carbocycles. The van der Waals surface area contributed by atoms with Gasteiger partial charge in [0, 0.05) is 6.92 Å². The van der Waals surface area contributed by atoms with Gasteiger partial charge in [-0.05, 0) is 24.7 Å². The Bertz CT molecular complexity index is 96.7. The minimum Gasteiger partial charge on any atom is -0.459 e. The first kappa shape index (κ1) is 7.63. The van der Waals surface area contributed by atoms with Gasteiger partial charge in [0.1, 0.15) is 0 Å². The van der Waals surface area contributed by atoms with Crippen LogP contribution >= 0.6 is 12.2 Å². The summed E-state index contributed by atoms with van der Waals surface area (Å²) in [4.78, 5) is 0. The quantitative estimate of drug-likeness (QED) is 0.419. The zero-order valence-corrected chi connectivity index (χ0v) is 5.99. The number of hydrogen-bond acceptors (Lipinski definition) is 2. The second-order valence-corrected chi connectivity index (χ2v) is 1.96. The van der Waals surface area contributed by atoms with Crippen LogP contribution in [0, 0.1) is 0 Å². The minimum absolute atomic E-state index is 0.565. The molecule has 0 aromatic carbocycles. The van der Waals surface area contributed by atoms with E-state index < -0.39 is 0 Å². The van der Waals surface area contributed by atoms with Gasteiger partial charge in [-0.3, -0.25) is 0 Å². The van der Waals surface area contributed by atoms with Crippen LogP contribution in [0.1, 0.15) is 20.3 Å². The molecule has 0 saturated heterocycles. The Hall–Kier alpha value is -0.370. The number of allylic oxidation sites excluding steroid dienone is 1. The monoisotopic (exact) mass is 130 g/mol. The van der Waals surface area contributed by atoms with Crippen LogP contribution in [-0.2, 0) is 4.74 Å². The molecule has 2 heteroatoms. The van der Waals surface area contributed by atoms with Crippen LogP contribution in [0.5, 0.6) is 0 Å². The molecule has 46 valence electrons. The van der Waals surface area contributed by atoms with Crippen LogP contribution in [0.15, 0.2) is 12.3 Å². The summed E-state index contributed by atoms with van der Waals surface area (Å²) in [5.41, 5.74) is 0. The smallest absolute Gasteiger partial charge is 0.163 e. The normalized spacial score (nSPS) is 9.75. The van der Waals surface area contributed by atoms with E-state index in [2.05, 4.69) is 12.2 Å². The van der Waals surface area contributed by atoms with Crippen molar-refractivity contribution in [3.8, 4) is 0 Å². The molecule has 0 unspecified atom stereocenters. The van der Waals surface area contributed by atoms with Crippen molar-refractivity contribution in [2.45, 2.75) is 20.3 Å². The molecule has 0 radical (unpaired) electrons. The summed E-state index contributed by atoms with van der Waals surface area (Å²) < 4.78 is 4.83. The Kier molecular flexibility index (Phi) is 4.56. The van der Waals surface area contributed by atoms with E-state index in [1.54, 1.807) is 13.2 Å². The van der Waals surface area contributed by atoms with Gasteiger partial charge in [0.25, 0.3) is 0 Å². The van der Waals surface area contributed by atoms with Crippen LogP contribution in [0.2, 0.25) is 0 Å². The Morgan fingerprint density at radius 2 is 2.38 bits per heavy atom. The summed E-state index contributed by atoms with van der Waals surface area (Å²) in [5.74, 6) is 0. The third-order valence-electron chi connectivity index (χ3n) is 0.566. The van der Waals surface area contributed by atoms with Crippen LogP contribution in [-0.4, -0.2) is 5.05 Å². The molecule has 0 aromatic rings. The van der Waals surface area contributed by atoms with E-state index in [0.717, 1.165) is 6.42 Å². The maximum absolute atomic E-state index is 4.83. The second-order valence-electron chi connectivity index (χ2n) is 1.39.